The molecule has 1 amide bonds. The van der Waals surface area contributed by atoms with Gasteiger partial charge in [-0.05, 0) is 13.8 Å². The Morgan fingerprint density at radius 3 is 2.33 bits per heavy atom. The van der Waals surface area contributed by atoms with Gasteiger partial charge >= 0.3 is 0 Å². The molecule has 0 rings (SSSR count). The van der Waals surface area contributed by atoms with Gasteiger partial charge in [-0.25, -0.2) is 9.78 Å². The monoisotopic (exact) mass is 175 g/mol. The van der Waals surface area contributed by atoms with Crippen LogP contribution in [0.4, 0.5) is 0 Å². The zero-order chi connectivity index (χ0) is 9.40. The van der Waals surface area contributed by atoms with Crippen molar-refractivity contribution < 1.29 is 14.6 Å². The summed E-state index contributed by atoms with van der Waals surface area (Å²) in [5, 5.41) is 0. The third-order valence-electron chi connectivity index (χ3n) is 1.63. The molecule has 0 heterocycles. The number of carbonyl (C=O) groups excluding carboxylic acids is 1. The molecule has 0 unspecified atom stereocenters. The molecule has 0 bridgehead atoms. The maximum atomic E-state index is 11.3. The second kappa shape index (κ2) is 7.06. The normalized spacial score (nSPS) is 9.92. The van der Waals surface area contributed by atoms with E-state index in [1.807, 2.05) is 13.8 Å². The van der Waals surface area contributed by atoms with Crippen molar-refractivity contribution in [2.75, 3.05) is 26.8 Å². The fourth-order valence-electron chi connectivity index (χ4n) is 0.947. The lowest BCUT2D eigenvalue weighted by atomic mass is 10.3. The SMILES string of the molecule is CCN(CC)C(=O)CCOOC. The highest BCUT2D eigenvalue weighted by Gasteiger charge is 2.08. The van der Waals surface area contributed by atoms with E-state index in [0.717, 1.165) is 13.1 Å². The Labute approximate surface area is 73.4 Å². The van der Waals surface area contributed by atoms with Crippen LogP contribution in [-0.4, -0.2) is 37.6 Å². The Morgan fingerprint density at radius 2 is 1.92 bits per heavy atom. The number of rotatable bonds is 6. The first-order valence-electron chi connectivity index (χ1n) is 4.19. The van der Waals surface area contributed by atoms with E-state index in [1.54, 1.807) is 4.90 Å². The maximum absolute atomic E-state index is 11.3. The topological polar surface area (TPSA) is 38.8 Å². The van der Waals surface area contributed by atoms with Gasteiger partial charge in [0.15, 0.2) is 0 Å². The molecule has 0 aromatic heterocycles. The summed E-state index contributed by atoms with van der Waals surface area (Å²) in [7, 11) is 1.43. The van der Waals surface area contributed by atoms with Gasteiger partial charge in [-0.1, -0.05) is 0 Å². The van der Waals surface area contributed by atoms with Crippen molar-refractivity contribution in [3.63, 3.8) is 0 Å². The maximum Gasteiger partial charge on any atom is 0.224 e. The van der Waals surface area contributed by atoms with Gasteiger partial charge in [0.05, 0.1) is 20.1 Å². The fourth-order valence-corrected chi connectivity index (χ4v) is 0.947. The summed E-state index contributed by atoms with van der Waals surface area (Å²) in [6, 6.07) is 0. The highest BCUT2D eigenvalue weighted by molar-refractivity contribution is 5.76. The molecule has 0 aliphatic heterocycles. The van der Waals surface area contributed by atoms with Gasteiger partial charge in [-0.3, -0.25) is 4.79 Å². The highest BCUT2D eigenvalue weighted by atomic mass is 17.2. The van der Waals surface area contributed by atoms with Gasteiger partial charge in [-0.2, -0.15) is 0 Å². The number of carbonyl (C=O) groups is 1. The van der Waals surface area contributed by atoms with Crippen molar-refractivity contribution in [3.05, 3.63) is 0 Å². The lowest BCUT2D eigenvalue weighted by Crippen LogP contribution is -2.31. The lowest BCUT2D eigenvalue weighted by molar-refractivity contribution is -0.272. The summed E-state index contributed by atoms with van der Waals surface area (Å²) >= 11 is 0. The minimum absolute atomic E-state index is 0.108. The fraction of sp³-hybridized carbons (Fsp3) is 0.875. The number of nitrogens with zero attached hydrogens (tertiary/aromatic N) is 1. The second-order valence-corrected chi connectivity index (χ2v) is 2.30. The van der Waals surface area contributed by atoms with E-state index in [-0.39, 0.29) is 5.91 Å². The predicted molar refractivity (Wildman–Crippen MR) is 45.5 cm³/mol. The largest absolute Gasteiger partial charge is 0.343 e. The first kappa shape index (κ1) is 11.4. The van der Waals surface area contributed by atoms with Crippen LogP contribution in [0.25, 0.3) is 0 Å². The summed E-state index contributed by atoms with van der Waals surface area (Å²) in [5.41, 5.74) is 0. The van der Waals surface area contributed by atoms with Crippen molar-refractivity contribution in [1.29, 1.82) is 0 Å². The van der Waals surface area contributed by atoms with Crippen LogP contribution in [0.2, 0.25) is 0 Å². The van der Waals surface area contributed by atoms with E-state index in [0.29, 0.717) is 13.0 Å². The van der Waals surface area contributed by atoms with E-state index in [9.17, 15) is 4.79 Å². The lowest BCUT2D eigenvalue weighted by Gasteiger charge is -2.17. The molecule has 0 saturated carbocycles. The van der Waals surface area contributed by atoms with E-state index < -0.39 is 0 Å². The first-order valence-corrected chi connectivity index (χ1v) is 4.19. The van der Waals surface area contributed by atoms with Crippen molar-refractivity contribution in [2.24, 2.45) is 0 Å². The van der Waals surface area contributed by atoms with Crippen LogP contribution in [-0.2, 0) is 14.6 Å². The van der Waals surface area contributed by atoms with E-state index in [1.165, 1.54) is 7.11 Å². The number of amides is 1. The first-order chi connectivity index (χ1) is 5.76. The summed E-state index contributed by atoms with van der Waals surface area (Å²) in [6.45, 7) is 5.74. The van der Waals surface area contributed by atoms with Gasteiger partial charge in [0.2, 0.25) is 5.91 Å². The molecule has 12 heavy (non-hydrogen) atoms. The Balaban J connectivity index is 3.54. The van der Waals surface area contributed by atoms with Crippen LogP contribution in [0.5, 0.6) is 0 Å². The summed E-state index contributed by atoms with van der Waals surface area (Å²) in [6.07, 6.45) is 0.384. The summed E-state index contributed by atoms with van der Waals surface area (Å²) in [4.78, 5) is 22.0. The molecule has 0 atom stereocenters. The average molecular weight is 175 g/mol. The Bertz CT molecular complexity index is 123. The van der Waals surface area contributed by atoms with Gasteiger partial charge < -0.3 is 4.90 Å². The summed E-state index contributed by atoms with van der Waals surface area (Å²) in [5.74, 6) is 0.108. The molecule has 0 aliphatic rings. The second-order valence-electron chi connectivity index (χ2n) is 2.30. The quantitative estimate of drug-likeness (QED) is 0.341. The molecule has 0 fully saturated rings. The van der Waals surface area contributed by atoms with Crippen molar-refractivity contribution in [1.82, 2.24) is 4.90 Å². The van der Waals surface area contributed by atoms with E-state index >= 15 is 0 Å². The van der Waals surface area contributed by atoms with E-state index in [2.05, 4.69) is 9.78 Å². The predicted octanol–water partition coefficient (Wildman–Crippen LogP) is 0.823. The van der Waals surface area contributed by atoms with Crippen LogP contribution >= 0.6 is 0 Å². The van der Waals surface area contributed by atoms with E-state index in [4.69, 9.17) is 0 Å². The van der Waals surface area contributed by atoms with Crippen molar-refractivity contribution in [3.8, 4) is 0 Å². The minimum atomic E-state index is 0.108. The van der Waals surface area contributed by atoms with Gasteiger partial charge in [0.1, 0.15) is 0 Å². The molecule has 72 valence electrons. The van der Waals surface area contributed by atoms with Gasteiger partial charge in [0, 0.05) is 13.1 Å². The molecular weight excluding hydrogens is 158 g/mol. The molecule has 0 aliphatic carbocycles. The molecule has 4 heteroatoms. The molecule has 0 saturated heterocycles. The van der Waals surface area contributed by atoms with Crippen molar-refractivity contribution in [2.45, 2.75) is 20.3 Å². The molecular formula is C8H17NO3. The van der Waals surface area contributed by atoms with Crippen LogP contribution in [0.1, 0.15) is 20.3 Å². The average Bonchev–Trinajstić information content (AvgIpc) is 2.07. The standard InChI is InChI=1S/C8H17NO3/c1-4-9(5-2)8(10)6-7-12-11-3/h4-7H2,1-3H3. The van der Waals surface area contributed by atoms with Crippen LogP contribution in [0, 0.1) is 0 Å². The number of hydrogen-bond donors (Lipinski definition) is 0. The molecule has 0 spiro atoms. The molecule has 0 aromatic carbocycles. The third kappa shape index (κ3) is 4.31. The third-order valence-corrected chi connectivity index (χ3v) is 1.63. The Morgan fingerprint density at radius 1 is 1.33 bits per heavy atom. The molecule has 0 aromatic rings. The summed E-state index contributed by atoms with van der Waals surface area (Å²) < 4.78 is 0. The Hall–Kier alpha value is -0.610. The van der Waals surface area contributed by atoms with Crippen molar-refractivity contribution >= 4 is 5.91 Å². The molecule has 4 nitrogen and oxygen atoms in total. The molecule has 0 N–H and O–H groups in total. The zero-order valence-electron chi connectivity index (χ0n) is 8.00. The highest BCUT2D eigenvalue weighted by Crippen LogP contribution is 1.94. The van der Waals surface area contributed by atoms with Crippen LogP contribution < -0.4 is 0 Å². The minimum Gasteiger partial charge on any atom is -0.343 e. The number of hydrogen-bond acceptors (Lipinski definition) is 3. The van der Waals surface area contributed by atoms with Crippen LogP contribution in [0.3, 0.4) is 0 Å². The molecule has 0 radical (unpaired) electrons. The van der Waals surface area contributed by atoms with Gasteiger partial charge in [0.25, 0.3) is 0 Å². The van der Waals surface area contributed by atoms with Crippen LogP contribution in [0.15, 0.2) is 0 Å². The smallest absolute Gasteiger partial charge is 0.224 e. The zero-order valence-corrected chi connectivity index (χ0v) is 8.00. The Kier molecular flexibility index (Phi) is 6.70. The van der Waals surface area contributed by atoms with Gasteiger partial charge in [-0.15, -0.1) is 0 Å².